The maximum Gasteiger partial charge on any atom is 0.461 e. The Morgan fingerprint density at radius 2 is 1.76 bits per heavy atom. The first-order valence-electron chi connectivity index (χ1n) is 13.8. The van der Waals surface area contributed by atoms with Gasteiger partial charge in [-0.25, -0.2) is 18.0 Å². The van der Waals surface area contributed by atoms with Crippen molar-refractivity contribution in [3.63, 3.8) is 0 Å². The molecule has 0 bridgehead atoms. The summed E-state index contributed by atoms with van der Waals surface area (Å²) in [6.45, 7) is 3.37. The van der Waals surface area contributed by atoms with Gasteiger partial charge in [-0.2, -0.15) is 17.6 Å². The lowest BCUT2D eigenvalue weighted by atomic mass is 9.80. The molecule has 2 atom stereocenters. The minimum absolute atomic E-state index is 0.0696. The molecule has 7 nitrogen and oxygen atoms in total. The van der Waals surface area contributed by atoms with Gasteiger partial charge in [0, 0.05) is 25.1 Å². The molecule has 1 aliphatic rings. The number of hydrogen-bond donors (Lipinski definition) is 1. The average Bonchev–Trinajstić information content (AvgIpc) is 3.28. The van der Waals surface area contributed by atoms with Crippen molar-refractivity contribution in [2.75, 3.05) is 6.54 Å². The molecule has 2 heterocycles. The molecule has 1 saturated heterocycles. The summed E-state index contributed by atoms with van der Waals surface area (Å²) in [6, 6.07) is 11.1. The molecule has 0 aliphatic carbocycles. The van der Waals surface area contributed by atoms with Crippen LogP contribution in [0.2, 0.25) is 5.02 Å². The molecule has 4 rings (SSSR count). The monoisotopic (exact) mass is 675 g/mol. The number of pyridine rings is 1. The van der Waals surface area contributed by atoms with Gasteiger partial charge in [-0.3, -0.25) is 14.7 Å². The predicted molar refractivity (Wildman–Crippen MR) is 153 cm³/mol. The van der Waals surface area contributed by atoms with Crippen LogP contribution in [0.4, 0.5) is 35.5 Å². The Bertz CT molecular complexity index is 1560. The van der Waals surface area contributed by atoms with Crippen LogP contribution in [0.5, 0.6) is 5.75 Å². The van der Waals surface area contributed by atoms with Crippen LogP contribution in [0, 0.1) is 5.82 Å². The summed E-state index contributed by atoms with van der Waals surface area (Å²) < 4.78 is 108. The smallest absolute Gasteiger partial charge is 0.444 e. The highest BCUT2D eigenvalue weighted by atomic mass is 35.5. The minimum atomic E-state index is -5.02. The number of amides is 2. The molecule has 2 amide bonds. The van der Waals surface area contributed by atoms with Crippen molar-refractivity contribution in [1.29, 1.82) is 0 Å². The molecule has 1 N–H and O–H groups in total. The summed E-state index contributed by atoms with van der Waals surface area (Å²) >= 11 is 6.04. The van der Waals surface area contributed by atoms with Gasteiger partial charge in [-0.1, -0.05) is 41.9 Å². The number of carbonyl (C=O) groups excluding carboxylic acids is 2. The van der Waals surface area contributed by atoms with Crippen molar-refractivity contribution in [3.8, 4) is 5.75 Å². The number of ether oxygens (including phenoxy) is 2. The Balaban J connectivity index is 1.90. The van der Waals surface area contributed by atoms with E-state index < -0.39 is 72.2 Å². The van der Waals surface area contributed by atoms with E-state index >= 15 is 4.39 Å². The third-order valence-electron chi connectivity index (χ3n) is 6.89. The molecular formula is C31H29ClF7N3O4. The molecule has 46 heavy (non-hydrogen) atoms. The van der Waals surface area contributed by atoms with Crippen LogP contribution in [0.25, 0.3) is 0 Å². The van der Waals surface area contributed by atoms with Gasteiger partial charge in [0.15, 0.2) is 0 Å². The summed E-state index contributed by atoms with van der Waals surface area (Å²) in [5, 5.41) is 2.75. The molecule has 2 aromatic carbocycles. The normalized spacial score (nSPS) is 17.8. The predicted octanol–water partition coefficient (Wildman–Crippen LogP) is 7.36. The van der Waals surface area contributed by atoms with Crippen LogP contribution < -0.4 is 10.1 Å². The van der Waals surface area contributed by atoms with Gasteiger partial charge < -0.3 is 14.8 Å². The first-order valence-corrected chi connectivity index (χ1v) is 14.2. The highest BCUT2D eigenvalue weighted by molar-refractivity contribution is 6.30. The number of alkyl halides is 6. The molecule has 0 unspecified atom stereocenters. The van der Waals surface area contributed by atoms with E-state index in [1.165, 1.54) is 39.1 Å². The van der Waals surface area contributed by atoms with Gasteiger partial charge in [-0.15, -0.1) is 0 Å². The van der Waals surface area contributed by atoms with Crippen molar-refractivity contribution in [1.82, 2.24) is 15.2 Å². The van der Waals surface area contributed by atoms with E-state index in [-0.39, 0.29) is 22.7 Å². The lowest BCUT2D eigenvalue weighted by Crippen LogP contribution is -2.55. The molecule has 1 aromatic heterocycles. The fourth-order valence-electron chi connectivity index (χ4n) is 4.98. The van der Waals surface area contributed by atoms with Crippen molar-refractivity contribution in [2.24, 2.45) is 0 Å². The third kappa shape index (κ3) is 8.20. The van der Waals surface area contributed by atoms with Gasteiger partial charge in [0.2, 0.25) is 5.91 Å². The maximum absolute atomic E-state index is 15.1. The third-order valence-corrected chi connectivity index (χ3v) is 7.11. The largest absolute Gasteiger partial charge is 0.461 e. The summed E-state index contributed by atoms with van der Waals surface area (Å²) in [4.78, 5) is 31.8. The molecular weight excluding hydrogens is 647 g/mol. The van der Waals surface area contributed by atoms with Gasteiger partial charge in [-0.05, 0) is 56.2 Å². The molecule has 248 valence electrons. The first kappa shape index (κ1) is 34.8. The van der Waals surface area contributed by atoms with E-state index in [4.69, 9.17) is 16.3 Å². The quantitative estimate of drug-likeness (QED) is 0.240. The molecule has 1 fully saturated rings. The van der Waals surface area contributed by atoms with E-state index in [2.05, 4.69) is 15.0 Å². The summed E-state index contributed by atoms with van der Waals surface area (Å²) in [6.07, 6.45) is -10.7. The van der Waals surface area contributed by atoms with Crippen LogP contribution in [0.1, 0.15) is 44.0 Å². The number of rotatable bonds is 9. The number of benzene rings is 2. The van der Waals surface area contributed by atoms with Crippen molar-refractivity contribution in [3.05, 3.63) is 94.5 Å². The Hall–Kier alpha value is -4.07. The van der Waals surface area contributed by atoms with Crippen LogP contribution >= 0.6 is 11.6 Å². The summed E-state index contributed by atoms with van der Waals surface area (Å²) in [5.41, 5.74) is -3.09. The van der Waals surface area contributed by atoms with Crippen LogP contribution in [-0.4, -0.2) is 58.5 Å². The minimum Gasteiger partial charge on any atom is -0.444 e. The van der Waals surface area contributed by atoms with Crippen molar-refractivity contribution >= 4 is 23.6 Å². The number of likely N-dealkylation sites (tertiary alicyclic amines) is 1. The highest BCUT2D eigenvalue weighted by Crippen LogP contribution is 2.39. The second kappa shape index (κ2) is 13.0. The Labute approximate surface area is 264 Å². The number of aromatic nitrogens is 1. The lowest BCUT2D eigenvalue weighted by molar-refractivity contribution is -0.253. The average molecular weight is 676 g/mol. The van der Waals surface area contributed by atoms with E-state index in [1.807, 2.05) is 0 Å². The number of nitrogens with zero attached hydrogens (tertiary/aromatic N) is 2. The lowest BCUT2D eigenvalue weighted by Gasteiger charge is -2.37. The molecule has 0 radical (unpaired) electrons. The summed E-state index contributed by atoms with van der Waals surface area (Å²) in [7, 11) is 0. The topological polar surface area (TPSA) is 80.8 Å². The highest BCUT2D eigenvalue weighted by Gasteiger charge is 2.53. The number of hydrogen-bond acceptors (Lipinski definition) is 5. The molecule has 3 aromatic rings. The van der Waals surface area contributed by atoms with E-state index in [0.717, 1.165) is 12.1 Å². The second-order valence-electron chi connectivity index (χ2n) is 11.7. The first-order chi connectivity index (χ1) is 21.3. The van der Waals surface area contributed by atoms with Crippen molar-refractivity contribution < 1.29 is 49.8 Å². The molecule has 15 heteroatoms. The van der Waals surface area contributed by atoms with Crippen LogP contribution in [0.15, 0.2) is 66.9 Å². The Morgan fingerprint density at radius 1 is 1.09 bits per heavy atom. The van der Waals surface area contributed by atoms with Gasteiger partial charge in [0.05, 0.1) is 17.3 Å². The zero-order valence-electron chi connectivity index (χ0n) is 24.7. The van der Waals surface area contributed by atoms with Gasteiger partial charge >= 0.3 is 18.6 Å². The van der Waals surface area contributed by atoms with E-state index in [1.54, 1.807) is 30.3 Å². The second-order valence-corrected chi connectivity index (χ2v) is 12.2. The zero-order chi connectivity index (χ0) is 34.1. The molecule has 0 spiro atoms. The number of nitrogens with one attached hydrogen (secondary N) is 1. The SMILES string of the molecule is CC(C)(C)OC(=O)N1CC(F)(F)C[C@@H]1C(=O)N[C@@](Cc1ccccc1)(c1cc(F)cc(OC(F)(F)C(F)F)c1)c1ccc(Cl)cn1. The number of halogens is 8. The zero-order valence-corrected chi connectivity index (χ0v) is 25.4. The molecule has 1 aliphatic heterocycles. The van der Waals surface area contributed by atoms with E-state index in [9.17, 15) is 35.9 Å². The summed E-state index contributed by atoms with van der Waals surface area (Å²) in [5.74, 6) is -6.90. The van der Waals surface area contributed by atoms with E-state index in [0.29, 0.717) is 16.5 Å². The Kier molecular flexibility index (Phi) is 9.81. The van der Waals surface area contributed by atoms with Crippen LogP contribution in [-0.2, 0) is 21.5 Å². The van der Waals surface area contributed by atoms with Gasteiger partial charge in [0.1, 0.15) is 28.7 Å². The standard InChI is InChI=1S/C31H29ClF7N3O4/c1-28(2,3)46-27(44)42-17-29(36,37)15-23(42)25(43)41-30(14-18-7-5-4-6-8-18,24-10-9-20(32)16-40-24)19-11-21(33)13-22(12-19)45-31(38,39)26(34)35/h4-13,16,23,26H,14-15,17H2,1-3H3,(H,41,43)/t23-,30+/m1/s1. The van der Waals surface area contributed by atoms with Crippen molar-refractivity contribution in [2.45, 2.75) is 69.3 Å². The molecule has 0 saturated carbocycles. The Morgan fingerprint density at radius 3 is 2.35 bits per heavy atom. The van der Waals surface area contributed by atoms with Gasteiger partial charge in [0.25, 0.3) is 5.92 Å². The van der Waals surface area contributed by atoms with Crippen LogP contribution in [0.3, 0.4) is 0 Å². The fraction of sp³-hybridized carbons (Fsp3) is 0.387. The fourth-order valence-corrected chi connectivity index (χ4v) is 5.09. The maximum atomic E-state index is 15.1. The number of carbonyl (C=O) groups is 2.